The standard InChI is InChI=1S/C16H21N5O3S2/c1-11(25-16-20-19-14-8-3-2-4-9-21(14)16)15(22)18-12-6-5-7-13(10-12)26(17,23)24/h5-7,10-11H,2-4,8-9H2,1H3,(H,18,22)(H2,17,23,24)/t11-/m1/s1. The minimum Gasteiger partial charge on any atom is -0.325 e. The van der Waals surface area contributed by atoms with Crippen LogP contribution in [0.2, 0.25) is 0 Å². The van der Waals surface area contributed by atoms with Gasteiger partial charge in [-0.3, -0.25) is 4.79 Å². The molecule has 10 heteroatoms. The minimum atomic E-state index is -3.81. The van der Waals surface area contributed by atoms with Gasteiger partial charge < -0.3 is 9.88 Å². The Bertz CT molecular complexity index is 910. The van der Waals surface area contributed by atoms with Gasteiger partial charge in [0.05, 0.1) is 10.1 Å². The molecule has 0 saturated carbocycles. The monoisotopic (exact) mass is 395 g/mol. The number of anilines is 1. The van der Waals surface area contributed by atoms with Crippen molar-refractivity contribution in [3.63, 3.8) is 0 Å². The van der Waals surface area contributed by atoms with Crippen molar-refractivity contribution in [1.82, 2.24) is 14.8 Å². The van der Waals surface area contributed by atoms with Gasteiger partial charge in [-0.15, -0.1) is 10.2 Å². The van der Waals surface area contributed by atoms with E-state index in [-0.39, 0.29) is 10.8 Å². The summed E-state index contributed by atoms with van der Waals surface area (Å²) in [6.45, 7) is 2.65. The molecule has 3 N–H and O–H groups in total. The number of nitrogens with two attached hydrogens (primary N) is 1. The van der Waals surface area contributed by atoms with E-state index in [0.29, 0.717) is 5.69 Å². The van der Waals surface area contributed by atoms with E-state index in [9.17, 15) is 13.2 Å². The number of hydrogen-bond acceptors (Lipinski definition) is 6. The highest BCUT2D eigenvalue weighted by molar-refractivity contribution is 8.00. The molecule has 0 saturated heterocycles. The number of thioether (sulfide) groups is 1. The first-order valence-corrected chi connectivity index (χ1v) is 10.8. The number of nitrogens with one attached hydrogen (secondary N) is 1. The fourth-order valence-electron chi connectivity index (χ4n) is 2.75. The summed E-state index contributed by atoms with van der Waals surface area (Å²) in [5, 5.41) is 16.6. The highest BCUT2D eigenvalue weighted by Gasteiger charge is 2.21. The van der Waals surface area contributed by atoms with E-state index in [1.807, 2.05) is 0 Å². The van der Waals surface area contributed by atoms with Crippen LogP contribution >= 0.6 is 11.8 Å². The normalized spacial score (nSPS) is 15.8. The predicted molar refractivity (Wildman–Crippen MR) is 99.3 cm³/mol. The second-order valence-electron chi connectivity index (χ2n) is 6.18. The van der Waals surface area contributed by atoms with Crippen LogP contribution in [0.4, 0.5) is 5.69 Å². The number of carbonyl (C=O) groups excluding carboxylic acids is 1. The Morgan fingerprint density at radius 2 is 2.12 bits per heavy atom. The molecule has 0 aliphatic carbocycles. The number of amides is 1. The number of fused-ring (bicyclic) bond motifs is 1. The molecule has 3 rings (SSSR count). The first-order chi connectivity index (χ1) is 12.3. The largest absolute Gasteiger partial charge is 0.325 e. The number of hydrogen-bond donors (Lipinski definition) is 2. The van der Waals surface area contributed by atoms with Crippen molar-refractivity contribution in [3.8, 4) is 0 Å². The van der Waals surface area contributed by atoms with E-state index in [2.05, 4.69) is 20.1 Å². The number of aromatic nitrogens is 3. The lowest BCUT2D eigenvalue weighted by atomic mass is 10.2. The van der Waals surface area contributed by atoms with E-state index < -0.39 is 15.3 Å². The van der Waals surface area contributed by atoms with Crippen LogP contribution in [0.5, 0.6) is 0 Å². The second kappa shape index (κ2) is 7.77. The van der Waals surface area contributed by atoms with Gasteiger partial charge >= 0.3 is 0 Å². The highest BCUT2D eigenvalue weighted by atomic mass is 32.2. The first kappa shape index (κ1) is 18.9. The number of sulfonamides is 1. The smallest absolute Gasteiger partial charge is 0.238 e. The van der Waals surface area contributed by atoms with Crippen molar-refractivity contribution in [3.05, 3.63) is 30.1 Å². The van der Waals surface area contributed by atoms with Crippen LogP contribution in [0.3, 0.4) is 0 Å². The summed E-state index contributed by atoms with van der Waals surface area (Å²) in [5.74, 6) is 0.728. The molecule has 1 amide bonds. The Morgan fingerprint density at radius 3 is 2.88 bits per heavy atom. The third-order valence-corrected chi connectivity index (χ3v) is 6.15. The third-order valence-electron chi connectivity index (χ3n) is 4.16. The van der Waals surface area contributed by atoms with Crippen LogP contribution in [-0.2, 0) is 27.8 Å². The van der Waals surface area contributed by atoms with Gasteiger partial charge in [0.2, 0.25) is 15.9 Å². The van der Waals surface area contributed by atoms with Crippen molar-refractivity contribution >= 4 is 33.4 Å². The molecular formula is C16H21N5O3S2. The Labute approximate surface area is 156 Å². The van der Waals surface area contributed by atoms with E-state index in [4.69, 9.17) is 5.14 Å². The zero-order chi connectivity index (χ0) is 18.7. The van der Waals surface area contributed by atoms with Crippen LogP contribution < -0.4 is 10.5 Å². The molecular weight excluding hydrogens is 374 g/mol. The molecule has 0 spiro atoms. The highest BCUT2D eigenvalue weighted by Crippen LogP contribution is 2.26. The van der Waals surface area contributed by atoms with E-state index >= 15 is 0 Å². The Hall–Kier alpha value is -1.91. The molecule has 1 aliphatic heterocycles. The minimum absolute atomic E-state index is 0.0432. The third kappa shape index (κ3) is 4.43. The zero-order valence-electron chi connectivity index (χ0n) is 14.4. The fraction of sp³-hybridized carbons (Fsp3) is 0.438. The molecule has 2 heterocycles. The molecule has 8 nitrogen and oxygen atoms in total. The Morgan fingerprint density at radius 1 is 1.31 bits per heavy atom. The van der Waals surface area contributed by atoms with Crippen LogP contribution in [0, 0.1) is 0 Å². The maximum absolute atomic E-state index is 12.5. The number of primary sulfonamides is 1. The molecule has 0 unspecified atom stereocenters. The van der Waals surface area contributed by atoms with Gasteiger partial charge in [0.15, 0.2) is 5.16 Å². The molecule has 0 radical (unpaired) electrons. The molecule has 0 bridgehead atoms. The Balaban J connectivity index is 1.68. The summed E-state index contributed by atoms with van der Waals surface area (Å²) in [4.78, 5) is 12.4. The summed E-state index contributed by atoms with van der Waals surface area (Å²) in [5.41, 5.74) is 0.383. The number of rotatable bonds is 5. The van der Waals surface area contributed by atoms with Crippen molar-refractivity contribution < 1.29 is 13.2 Å². The molecule has 1 aromatic heterocycles. The second-order valence-corrected chi connectivity index (χ2v) is 9.05. The summed E-state index contributed by atoms with van der Waals surface area (Å²) < 4.78 is 24.9. The molecule has 2 aromatic rings. The number of carbonyl (C=O) groups is 1. The molecule has 1 aliphatic rings. The number of benzene rings is 1. The summed E-state index contributed by atoms with van der Waals surface area (Å²) >= 11 is 1.35. The van der Waals surface area contributed by atoms with E-state index in [1.54, 1.807) is 13.0 Å². The van der Waals surface area contributed by atoms with Gasteiger partial charge in [-0.1, -0.05) is 24.2 Å². The molecule has 26 heavy (non-hydrogen) atoms. The van der Waals surface area contributed by atoms with Gasteiger partial charge in [0, 0.05) is 18.7 Å². The summed E-state index contributed by atoms with van der Waals surface area (Å²) in [7, 11) is -3.81. The van der Waals surface area contributed by atoms with Crippen molar-refractivity contribution in [1.29, 1.82) is 0 Å². The molecule has 1 aromatic carbocycles. The lowest BCUT2D eigenvalue weighted by Gasteiger charge is -2.13. The van der Waals surface area contributed by atoms with Crippen LogP contribution in [0.25, 0.3) is 0 Å². The summed E-state index contributed by atoms with van der Waals surface area (Å²) in [6, 6.07) is 5.88. The quantitative estimate of drug-likeness (QED) is 0.745. The molecule has 0 fully saturated rings. The van der Waals surface area contributed by atoms with E-state index in [0.717, 1.165) is 36.8 Å². The zero-order valence-corrected chi connectivity index (χ0v) is 16.0. The molecule has 140 valence electrons. The van der Waals surface area contributed by atoms with Gasteiger partial charge in [-0.2, -0.15) is 0 Å². The van der Waals surface area contributed by atoms with Gasteiger partial charge in [0.1, 0.15) is 5.82 Å². The SMILES string of the molecule is C[C@@H](Sc1nnc2n1CCCCC2)C(=O)Nc1cccc(S(N)(=O)=O)c1. The average molecular weight is 396 g/mol. The maximum atomic E-state index is 12.5. The number of aryl methyl sites for hydroxylation is 1. The maximum Gasteiger partial charge on any atom is 0.238 e. The first-order valence-electron chi connectivity index (χ1n) is 8.37. The lowest BCUT2D eigenvalue weighted by molar-refractivity contribution is -0.115. The van der Waals surface area contributed by atoms with Gasteiger partial charge in [-0.25, -0.2) is 13.6 Å². The Kier molecular flexibility index (Phi) is 5.64. The van der Waals surface area contributed by atoms with E-state index in [1.165, 1.54) is 36.4 Å². The van der Waals surface area contributed by atoms with Crippen molar-refractivity contribution in [2.45, 2.75) is 54.5 Å². The average Bonchev–Trinajstić information content (AvgIpc) is 2.81. The van der Waals surface area contributed by atoms with Crippen LogP contribution in [0.1, 0.15) is 32.0 Å². The van der Waals surface area contributed by atoms with Crippen molar-refractivity contribution in [2.75, 3.05) is 5.32 Å². The fourth-order valence-corrected chi connectivity index (χ4v) is 4.21. The van der Waals surface area contributed by atoms with Crippen LogP contribution in [-0.4, -0.2) is 34.3 Å². The lowest BCUT2D eigenvalue weighted by Crippen LogP contribution is -2.23. The van der Waals surface area contributed by atoms with Crippen molar-refractivity contribution in [2.24, 2.45) is 5.14 Å². The predicted octanol–water partition coefficient (Wildman–Crippen LogP) is 1.77. The molecule has 1 atom stereocenters. The van der Waals surface area contributed by atoms with Gasteiger partial charge in [0.25, 0.3) is 0 Å². The summed E-state index contributed by atoms with van der Waals surface area (Å²) in [6.07, 6.45) is 4.27. The number of nitrogens with zero attached hydrogens (tertiary/aromatic N) is 3. The topological polar surface area (TPSA) is 120 Å². The van der Waals surface area contributed by atoms with Gasteiger partial charge in [-0.05, 0) is 38.0 Å². The van der Waals surface area contributed by atoms with Crippen LogP contribution in [0.15, 0.2) is 34.3 Å².